The lowest BCUT2D eigenvalue weighted by atomic mass is 10.1. The molecule has 1 amide bonds. The second-order valence-electron chi connectivity index (χ2n) is 7.11. The zero-order valence-electron chi connectivity index (χ0n) is 15.5. The summed E-state index contributed by atoms with van der Waals surface area (Å²) in [5, 5.41) is 5.37. The van der Waals surface area contributed by atoms with Gasteiger partial charge in [-0.2, -0.15) is 0 Å². The maximum atomic E-state index is 12.4. The average Bonchev–Trinajstić information content (AvgIpc) is 3.17. The van der Waals surface area contributed by atoms with Crippen LogP contribution in [0.4, 0.5) is 0 Å². The van der Waals surface area contributed by atoms with E-state index in [2.05, 4.69) is 29.4 Å². The SMILES string of the molecule is CN1CCC(NC(=O)c2ccc(COc3ccc4ccccc4c3)o2)CC1. The first-order chi connectivity index (χ1) is 13.2. The quantitative estimate of drug-likeness (QED) is 0.747. The largest absolute Gasteiger partial charge is 0.486 e. The van der Waals surface area contributed by atoms with E-state index in [1.807, 2.05) is 30.3 Å². The Hall–Kier alpha value is -2.79. The maximum Gasteiger partial charge on any atom is 0.287 e. The van der Waals surface area contributed by atoms with Crippen LogP contribution in [0.25, 0.3) is 10.8 Å². The number of hydrogen-bond acceptors (Lipinski definition) is 4. The van der Waals surface area contributed by atoms with Crippen LogP contribution in [0, 0.1) is 0 Å². The third kappa shape index (κ3) is 4.31. The number of benzene rings is 2. The van der Waals surface area contributed by atoms with Crippen LogP contribution >= 0.6 is 0 Å². The molecule has 5 heteroatoms. The van der Waals surface area contributed by atoms with Gasteiger partial charge in [0.1, 0.15) is 18.1 Å². The first-order valence-corrected chi connectivity index (χ1v) is 9.37. The van der Waals surface area contributed by atoms with Crippen LogP contribution in [-0.2, 0) is 6.61 Å². The summed E-state index contributed by atoms with van der Waals surface area (Å²) in [6, 6.07) is 17.9. The van der Waals surface area contributed by atoms with Crippen LogP contribution in [0.1, 0.15) is 29.2 Å². The highest BCUT2D eigenvalue weighted by molar-refractivity contribution is 5.91. The summed E-state index contributed by atoms with van der Waals surface area (Å²) in [7, 11) is 2.10. The Bertz CT molecular complexity index is 926. The molecule has 1 fully saturated rings. The molecule has 4 rings (SSSR count). The van der Waals surface area contributed by atoms with Crippen LogP contribution in [0.3, 0.4) is 0 Å². The van der Waals surface area contributed by atoms with Crippen molar-refractivity contribution >= 4 is 16.7 Å². The van der Waals surface area contributed by atoms with E-state index in [1.54, 1.807) is 12.1 Å². The summed E-state index contributed by atoms with van der Waals surface area (Å²) < 4.78 is 11.5. The van der Waals surface area contributed by atoms with Crippen molar-refractivity contribution in [3.05, 3.63) is 66.1 Å². The van der Waals surface area contributed by atoms with E-state index in [4.69, 9.17) is 9.15 Å². The summed E-state index contributed by atoms with van der Waals surface area (Å²) in [5.74, 6) is 1.60. The average molecular weight is 364 g/mol. The molecule has 5 nitrogen and oxygen atoms in total. The molecule has 1 aromatic heterocycles. The van der Waals surface area contributed by atoms with E-state index < -0.39 is 0 Å². The topological polar surface area (TPSA) is 54.7 Å². The molecular weight excluding hydrogens is 340 g/mol. The van der Waals surface area contributed by atoms with Crippen molar-refractivity contribution in [3.8, 4) is 5.75 Å². The van der Waals surface area contributed by atoms with Gasteiger partial charge in [0.15, 0.2) is 5.76 Å². The van der Waals surface area contributed by atoms with Crippen molar-refractivity contribution in [2.24, 2.45) is 0 Å². The zero-order valence-corrected chi connectivity index (χ0v) is 15.5. The number of furan rings is 1. The minimum absolute atomic E-state index is 0.151. The van der Waals surface area contributed by atoms with Crippen LogP contribution in [0.2, 0.25) is 0 Å². The number of hydrogen-bond donors (Lipinski definition) is 1. The van der Waals surface area contributed by atoms with E-state index in [1.165, 1.54) is 5.39 Å². The number of nitrogens with zero attached hydrogens (tertiary/aromatic N) is 1. The number of amides is 1. The van der Waals surface area contributed by atoms with Gasteiger partial charge in [-0.25, -0.2) is 0 Å². The molecular formula is C22H24N2O3. The number of fused-ring (bicyclic) bond motifs is 1. The Kier molecular flexibility index (Phi) is 5.12. The van der Waals surface area contributed by atoms with Crippen LogP contribution in [0.5, 0.6) is 5.75 Å². The number of carbonyl (C=O) groups excluding carboxylic acids is 1. The van der Waals surface area contributed by atoms with E-state index in [9.17, 15) is 4.79 Å². The Morgan fingerprint density at radius 3 is 2.70 bits per heavy atom. The minimum Gasteiger partial charge on any atom is -0.486 e. The van der Waals surface area contributed by atoms with Crippen molar-refractivity contribution in [3.63, 3.8) is 0 Å². The molecule has 0 saturated carbocycles. The fourth-order valence-corrected chi connectivity index (χ4v) is 3.40. The van der Waals surface area contributed by atoms with Gasteiger partial charge in [-0.15, -0.1) is 0 Å². The van der Waals surface area contributed by atoms with E-state index >= 15 is 0 Å². The highest BCUT2D eigenvalue weighted by Gasteiger charge is 2.20. The fraction of sp³-hybridized carbons (Fsp3) is 0.318. The predicted molar refractivity (Wildman–Crippen MR) is 105 cm³/mol. The van der Waals surface area contributed by atoms with Crippen LogP contribution in [-0.4, -0.2) is 37.0 Å². The molecule has 0 bridgehead atoms. The van der Waals surface area contributed by atoms with Gasteiger partial charge in [0.25, 0.3) is 5.91 Å². The molecule has 0 atom stereocenters. The molecule has 1 aliphatic heterocycles. The highest BCUT2D eigenvalue weighted by Crippen LogP contribution is 2.22. The number of carbonyl (C=O) groups is 1. The zero-order chi connectivity index (χ0) is 18.6. The third-order valence-corrected chi connectivity index (χ3v) is 5.04. The van der Waals surface area contributed by atoms with E-state index in [0.29, 0.717) is 18.1 Å². The van der Waals surface area contributed by atoms with Crippen molar-refractivity contribution in [1.82, 2.24) is 10.2 Å². The second-order valence-corrected chi connectivity index (χ2v) is 7.11. The van der Waals surface area contributed by atoms with Gasteiger partial charge >= 0.3 is 0 Å². The monoisotopic (exact) mass is 364 g/mol. The molecule has 1 N–H and O–H groups in total. The van der Waals surface area contributed by atoms with Gasteiger partial charge in [-0.1, -0.05) is 30.3 Å². The van der Waals surface area contributed by atoms with Crippen molar-refractivity contribution in [1.29, 1.82) is 0 Å². The smallest absolute Gasteiger partial charge is 0.287 e. The molecule has 27 heavy (non-hydrogen) atoms. The lowest BCUT2D eigenvalue weighted by Gasteiger charge is -2.29. The molecule has 3 aromatic rings. The highest BCUT2D eigenvalue weighted by atomic mass is 16.5. The van der Waals surface area contributed by atoms with E-state index in [-0.39, 0.29) is 11.9 Å². The van der Waals surface area contributed by atoms with Crippen molar-refractivity contribution in [2.45, 2.75) is 25.5 Å². The molecule has 0 unspecified atom stereocenters. The number of piperidine rings is 1. The van der Waals surface area contributed by atoms with Gasteiger partial charge < -0.3 is 19.4 Å². The fourth-order valence-electron chi connectivity index (χ4n) is 3.40. The molecule has 0 radical (unpaired) electrons. The Morgan fingerprint density at radius 2 is 1.89 bits per heavy atom. The first kappa shape index (κ1) is 17.6. The van der Waals surface area contributed by atoms with Crippen LogP contribution < -0.4 is 10.1 Å². The standard InChI is InChI=1S/C22H24N2O3/c1-24-12-10-18(11-13-24)23-22(25)21-9-8-20(27-21)15-26-19-7-6-16-4-2-3-5-17(16)14-19/h2-9,14,18H,10-13,15H2,1H3,(H,23,25). The Balaban J connectivity index is 1.34. The van der Waals surface area contributed by atoms with Gasteiger partial charge in [0.2, 0.25) is 0 Å². The predicted octanol–water partition coefficient (Wildman–Crippen LogP) is 3.84. The number of nitrogens with one attached hydrogen (secondary N) is 1. The van der Waals surface area contributed by atoms with Gasteiger partial charge in [0.05, 0.1) is 0 Å². The third-order valence-electron chi connectivity index (χ3n) is 5.04. The van der Waals surface area contributed by atoms with E-state index in [0.717, 1.165) is 37.1 Å². The Labute approximate surface area is 158 Å². The van der Waals surface area contributed by atoms with Crippen LogP contribution in [0.15, 0.2) is 59.0 Å². The summed E-state index contributed by atoms with van der Waals surface area (Å²) in [6.07, 6.45) is 1.95. The lowest BCUT2D eigenvalue weighted by molar-refractivity contribution is 0.0884. The van der Waals surface area contributed by atoms with Gasteiger partial charge in [-0.3, -0.25) is 4.79 Å². The lowest BCUT2D eigenvalue weighted by Crippen LogP contribution is -2.43. The van der Waals surface area contributed by atoms with Crippen molar-refractivity contribution in [2.75, 3.05) is 20.1 Å². The molecule has 140 valence electrons. The van der Waals surface area contributed by atoms with Gasteiger partial charge in [-0.05, 0) is 68.0 Å². The minimum atomic E-state index is -0.151. The molecule has 1 aliphatic rings. The Morgan fingerprint density at radius 1 is 1.11 bits per heavy atom. The normalized spacial score (nSPS) is 15.7. The molecule has 1 saturated heterocycles. The summed E-state index contributed by atoms with van der Waals surface area (Å²) in [6.45, 7) is 2.31. The van der Waals surface area contributed by atoms with Gasteiger partial charge in [0, 0.05) is 6.04 Å². The maximum absolute atomic E-state index is 12.4. The number of ether oxygens (including phenoxy) is 1. The summed E-state index contributed by atoms with van der Waals surface area (Å²) in [4.78, 5) is 14.6. The first-order valence-electron chi connectivity index (χ1n) is 9.37. The summed E-state index contributed by atoms with van der Waals surface area (Å²) >= 11 is 0. The number of likely N-dealkylation sites (tertiary alicyclic amines) is 1. The second kappa shape index (κ2) is 7.84. The molecule has 2 aromatic carbocycles. The number of rotatable bonds is 5. The van der Waals surface area contributed by atoms with Crippen molar-refractivity contribution < 1.29 is 13.9 Å². The molecule has 0 aliphatic carbocycles. The molecule has 2 heterocycles. The molecule has 0 spiro atoms. The summed E-state index contributed by atoms with van der Waals surface area (Å²) in [5.41, 5.74) is 0.